The molecule has 1 aliphatic heterocycles. The number of phenols is 1. The fraction of sp³-hybridized carbons (Fsp3) is 0.267. The van der Waals surface area contributed by atoms with Crippen molar-refractivity contribution in [1.29, 1.82) is 0 Å². The van der Waals surface area contributed by atoms with Crippen molar-refractivity contribution in [3.8, 4) is 22.8 Å². The van der Waals surface area contributed by atoms with Crippen LogP contribution >= 0.6 is 0 Å². The van der Waals surface area contributed by atoms with Gasteiger partial charge in [0.2, 0.25) is 0 Å². The summed E-state index contributed by atoms with van der Waals surface area (Å²) in [4.78, 5) is 15.3. The van der Waals surface area contributed by atoms with Crippen LogP contribution in [-0.2, 0) is 11.3 Å². The summed E-state index contributed by atoms with van der Waals surface area (Å²) in [5.41, 5.74) is 6.52. The van der Waals surface area contributed by atoms with Crippen LogP contribution in [0.5, 0.6) is 11.5 Å². The Kier molecular flexibility index (Phi) is 6.97. The number of carbonyl (C=O) groups is 1. The van der Waals surface area contributed by atoms with Gasteiger partial charge in [-0.1, -0.05) is 42.5 Å². The quantitative estimate of drug-likeness (QED) is 0.296. The molecular weight excluding hydrogens is 466 g/mol. The molecule has 3 aromatic carbocycles. The lowest BCUT2D eigenvalue weighted by atomic mass is 9.94. The number of aromatic nitrogens is 2. The molecule has 5 rings (SSSR count). The van der Waals surface area contributed by atoms with Gasteiger partial charge in [0.25, 0.3) is 5.91 Å². The van der Waals surface area contributed by atoms with Gasteiger partial charge in [-0.2, -0.15) is 5.10 Å². The molecule has 0 radical (unpaired) electrons. The Morgan fingerprint density at radius 3 is 2.49 bits per heavy atom. The van der Waals surface area contributed by atoms with E-state index in [1.54, 1.807) is 13.2 Å². The Hall–Kier alpha value is -4.10. The van der Waals surface area contributed by atoms with E-state index < -0.39 is 0 Å². The van der Waals surface area contributed by atoms with E-state index in [1.807, 2.05) is 79.4 Å². The predicted octanol–water partition coefficient (Wildman–Crippen LogP) is 5.56. The molecular formula is C30H31N3O4. The summed E-state index contributed by atoms with van der Waals surface area (Å²) >= 11 is 0. The maximum atomic E-state index is 13.5. The monoisotopic (exact) mass is 497 g/mol. The van der Waals surface area contributed by atoms with Gasteiger partial charge in [-0.3, -0.25) is 9.89 Å². The maximum Gasteiger partial charge on any atom is 0.273 e. The highest BCUT2D eigenvalue weighted by Crippen LogP contribution is 2.45. The molecule has 1 amide bonds. The Bertz CT molecular complexity index is 1400. The number of methoxy groups -OCH3 is 1. The molecule has 7 nitrogen and oxygen atoms in total. The van der Waals surface area contributed by atoms with Gasteiger partial charge < -0.3 is 19.5 Å². The van der Waals surface area contributed by atoms with Crippen LogP contribution in [0, 0.1) is 13.8 Å². The van der Waals surface area contributed by atoms with Crippen molar-refractivity contribution in [2.24, 2.45) is 0 Å². The third kappa shape index (κ3) is 4.82. The van der Waals surface area contributed by atoms with Crippen molar-refractivity contribution in [3.63, 3.8) is 0 Å². The van der Waals surface area contributed by atoms with Gasteiger partial charge in [-0.05, 0) is 66.8 Å². The molecule has 0 unspecified atom stereocenters. The molecule has 37 heavy (non-hydrogen) atoms. The number of H-pyrrole nitrogens is 1. The number of carbonyl (C=O) groups excluding carboxylic acids is 1. The van der Waals surface area contributed by atoms with E-state index in [-0.39, 0.29) is 17.7 Å². The first-order valence-electron chi connectivity index (χ1n) is 12.4. The Morgan fingerprint density at radius 2 is 1.76 bits per heavy atom. The lowest BCUT2D eigenvalue weighted by Crippen LogP contribution is -2.31. The number of nitrogens with zero attached hydrogens (tertiary/aromatic N) is 2. The van der Waals surface area contributed by atoms with Crippen molar-refractivity contribution in [2.75, 3.05) is 20.3 Å². The molecule has 0 saturated carbocycles. The molecule has 4 aromatic rings. The number of hydrogen-bond acceptors (Lipinski definition) is 5. The molecule has 1 atom stereocenters. The minimum Gasteiger partial charge on any atom is -0.507 e. The van der Waals surface area contributed by atoms with Crippen LogP contribution in [0.25, 0.3) is 11.3 Å². The fourth-order valence-electron chi connectivity index (χ4n) is 4.84. The van der Waals surface area contributed by atoms with Gasteiger partial charge in [0.15, 0.2) is 0 Å². The summed E-state index contributed by atoms with van der Waals surface area (Å²) < 4.78 is 11.2. The Labute approximate surface area is 216 Å². The SMILES string of the molecule is COCCCN1C(=O)c2[nH]nc(-c3cc(C)c(C)cc3O)c2[C@H]1c1ccc(OCc2ccccc2)cc1. The van der Waals surface area contributed by atoms with Crippen LogP contribution in [0.15, 0.2) is 66.7 Å². The van der Waals surface area contributed by atoms with E-state index in [0.717, 1.165) is 33.6 Å². The zero-order valence-electron chi connectivity index (χ0n) is 21.3. The third-order valence-corrected chi connectivity index (χ3v) is 6.92. The molecule has 2 heterocycles. The molecule has 7 heteroatoms. The van der Waals surface area contributed by atoms with Gasteiger partial charge in [0, 0.05) is 31.4 Å². The smallest absolute Gasteiger partial charge is 0.273 e. The number of hydrogen-bond donors (Lipinski definition) is 2. The van der Waals surface area contributed by atoms with Crippen LogP contribution in [-0.4, -0.2) is 46.4 Å². The molecule has 0 bridgehead atoms. The minimum absolute atomic E-state index is 0.109. The average molecular weight is 498 g/mol. The molecule has 0 spiro atoms. The van der Waals surface area contributed by atoms with Gasteiger partial charge in [0.1, 0.15) is 29.5 Å². The molecule has 1 aromatic heterocycles. The number of fused-ring (bicyclic) bond motifs is 1. The van der Waals surface area contributed by atoms with Crippen LogP contribution in [0.1, 0.15) is 50.8 Å². The summed E-state index contributed by atoms with van der Waals surface area (Å²) in [6, 6.07) is 21.2. The third-order valence-electron chi connectivity index (χ3n) is 6.92. The van der Waals surface area contributed by atoms with Crippen molar-refractivity contribution in [3.05, 3.63) is 100 Å². The van der Waals surface area contributed by atoms with Crippen LogP contribution in [0.4, 0.5) is 0 Å². The predicted molar refractivity (Wildman–Crippen MR) is 142 cm³/mol. The largest absolute Gasteiger partial charge is 0.507 e. The number of aromatic amines is 1. The number of ether oxygens (including phenoxy) is 2. The van der Waals surface area contributed by atoms with E-state index in [4.69, 9.17) is 9.47 Å². The van der Waals surface area contributed by atoms with E-state index in [9.17, 15) is 9.90 Å². The lowest BCUT2D eigenvalue weighted by Gasteiger charge is -2.26. The first kappa shape index (κ1) is 24.6. The standard InChI is InChI=1S/C30H31N3O4/c1-19-16-24(25(34)17-20(19)2)27-26-28(32-31-27)30(35)33(14-7-15-36-3)29(26)22-10-12-23(13-11-22)37-18-21-8-5-4-6-9-21/h4-6,8-13,16-17,29,34H,7,14-15,18H2,1-3H3,(H,31,32)/t29-/m1/s1. The van der Waals surface area contributed by atoms with Gasteiger partial charge in [-0.15, -0.1) is 0 Å². The van der Waals surface area contributed by atoms with Crippen molar-refractivity contribution >= 4 is 5.91 Å². The van der Waals surface area contributed by atoms with Crippen LogP contribution in [0.2, 0.25) is 0 Å². The first-order valence-corrected chi connectivity index (χ1v) is 12.4. The Morgan fingerprint density at radius 1 is 1.03 bits per heavy atom. The zero-order chi connectivity index (χ0) is 25.9. The van der Waals surface area contributed by atoms with Crippen LogP contribution in [0.3, 0.4) is 0 Å². The van der Waals surface area contributed by atoms with Gasteiger partial charge in [-0.25, -0.2) is 0 Å². The summed E-state index contributed by atoms with van der Waals surface area (Å²) in [7, 11) is 1.66. The Balaban J connectivity index is 1.50. The number of amides is 1. The van der Waals surface area contributed by atoms with Gasteiger partial charge in [0.05, 0.1) is 6.04 Å². The fourth-order valence-corrected chi connectivity index (χ4v) is 4.84. The number of aromatic hydroxyl groups is 1. The average Bonchev–Trinajstić information content (AvgIpc) is 3.45. The topological polar surface area (TPSA) is 87.7 Å². The number of benzene rings is 3. The second kappa shape index (κ2) is 10.5. The van der Waals surface area contributed by atoms with Gasteiger partial charge >= 0.3 is 0 Å². The number of aryl methyl sites for hydroxylation is 2. The van der Waals surface area contributed by atoms with E-state index in [0.29, 0.717) is 43.1 Å². The normalized spacial score (nSPS) is 14.7. The molecule has 2 N–H and O–H groups in total. The van der Waals surface area contributed by atoms with Crippen molar-refractivity contribution in [1.82, 2.24) is 15.1 Å². The van der Waals surface area contributed by atoms with Crippen molar-refractivity contribution < 1.29 is 19.4 Å². The van der Waals surface area contributed by atoms with E-state index in [2.05, 4.69) is 10.2 Å². The second-order valence-corrected chi connectivity index (χ2v) is 9.41. The summed E-state index contributed by atoms with van der Waals surface area (Å²) in [5.74, 6) is 0.788. The van der Waals surface area contributed by atoms with Crippen molar-refractivity contribution in [2.45, 2.75) is 32.9 Å². The molecule has 190 valence electrons. The second-order valence-electron chi connectivity index (χ2n) is 9.41. The summed E-state index contributed by atoms with van der Waals surface area (Å²) in [6.45, 7) is 5.52. The summed E-state index contributed by atoms with van der Waals surface area (Å²) in [6.07, 6.45) is 0.707. The van der Waals surface area contributed by atoms with E-state index in [1.165, 1.54) is 0 Å². The van der Waals surface area contributed by atoms with E-state index >= 15 is 0 Å². The molecule has 0 aliphatic carbocycles. The van der Waals surface area contributed by atoms with Crippen LogP contribution < -0.4 is 4.74 Å². The highest BCUT2D eigenvalue weighted by molar-refractivity contribution is 6.00. The number of phenolic OH excluding ortho intramolecular Hbond substituents is 1. The summed E-state index contributed by atoms with van der Waals surface area (Å²) in [5, 5.41) is 18.2. The minimum atomic E-state index is -0.350. The molecule has 0 saturated heterocycles. The molecule has 1 aliphatic rings. The maximum absolute atomic E-state index is 13.5. The highest BCUT2D eigenvalue weighted by atomic mass is 16.5. The highest BCUT2D eigenvalue weighted by Gasteiger charge is 2.42. The lowest BCUT2D eigenvalue weighted by molar-refractivity contribution is 0.0723. The molecule has 0 fully saturated rings. The number of rotatable bonds is 9. The first-order chi connectivity index (χ1) is 18.0. The zero-order valence-corrected chi connectivity index (χ0v) is 21.3. The number of nitrogens with one attached hydrogen (secondary N) is 1.